The van der Waals surface area contributed by atoms with Gasteiger partial charge in [-0.25, -0.2) is 15.0 Å². The van der Waals surface area contributed by atoms with E-state index in [4.69, 9.17) is 4.74 Å². The highest BCUT2D eigenvalue weighted by atomic mass is 16.5. The van der Waals surface area contributed by atoms with E-state index in [1.165, 1.54) is 12.4 Å². The minimum Gasteiger partial charge on any atom is -0.478 e. The largest absolute Gasteiger partial charge is 0.478 e. The lowest BCUT2D eigenvalue weighted by Gasteiger charge is -2.33. The van der Waals surface area contributed by atoms with Gasteiger partial charge in [0, 0.05) is 37.0 Å². The van der Waals surface area contributed by atoms with Crippen molar-refractivity contribution in [3.05, 3.63) is 34.5 Å². The normalized spacial score (nSPS) is 17.6. The molecule has 0 aliphatic carbocycles. The number of anilines is 2. The third-order valence-corrected chi connectivity index (χ3v) is 3.86. The number of hydrogen-bond donors (Lipinski definition) is 2. The van der Waals surface area contributed by atoms with Crippen molar-refractivity contribution < 1.29 is 4.74 Å². The van der Waals surface area contributed by atoms with Crippen LogP contribution >= 0.6 is 0 Å². The van der Waals surface area contributed by atoms with E-state index in [2.05, 4.69) is 30.2 Å². The van der Waals surface area contributed by atoms with Gasteiger partial charge in [-0.2, -0.15) is 0 Å². The van der Waals surface area contributed by atoms with Crippen LogP contribution in [0, 0.1) is 6.92 Å². The Kier molecular flexibility index (Phi) is 4.93. The molecule has 2 aromatic rings. The van der Waals surface area contributed by atoms with Gasteiger partial charge in [0.2, 0.25) is 11.8 Å². The molecule has 128 valence electrons. The second-order valence-corrected chi connectivity index (χ2v) is 5.81. The molecule has 0 radical (unpaired) electrons. The van der Waals surface area contributed by atoms with Gasteiger partial charge in [-0.05, 0) is 26.7 Å². The van der Waals surface area contributed by atoms with Crippen molar-refractivity contribution in [1.29, 1.82) is 0 Å². The topological polar surface area (TPSA) is 96.0 Å². The monoisotopic (exact) mass is 330 g/mol. The predicted octanol–water partition coefficient (Wildman–Crippen LogP) is 1.35. The second-order valence-electron chi connectivity index (χ2n) is 5.81. The molecular formula is C16H22N6O2. The molecule has 8 nitrogen and oxygen atoms in total. The van der Waals surface area contributed by atoms with E-state index in [1.807, 2.05) is 13.8 Å². The van der Waals surface area contributed by atoms with Gasteiger partial charge in [-0.3, -0.25) is 9.78 Å². The Balaban J connectivity index is 1.69. The maximum Gasteiger partial charge on any atom is 0.252 e. The maximum atomic E-state index is 11.7. The van der Waals surface area contributed by atoms with Gasteiger partial charge < -0.3 is 15.0 Å². The molecule has 0 spiro atoms. The molecule has 2 N–H and O–H groups in total. The zero-order valence-electron chi connectivity index (χ0n) is 14.0. The van der Waals surface area contributed by atoms with Crippen LogP contribution in [0.25, 0.3) is 0 Å². The molecule has 24 heavy (non-hydrogen) atoms. The van der Waals surface area contributed by atoms with Crippen LogP contribution in [0.5, 0.6) is 5.88 Å². The smallest absolute Gasteiger partial charge is 0.252 e. The van der Waals surface area contributed by atoms with E-state index in [9.17, 15) is 4.79 Å². The predicted molar refractivity (Wildman–Crippen MR) is 91.7 cm³/mol. The molecule has 0 amide bonds. The van der Waals surface area contributed by atoms with Gasteiger partial charge in [0.15, 0.2) is 0 Å². The van der Waals surface area contributed by atoms with Crippen LogP contribution in [0.3, 0.4) is 0 Å². The van der Waals surface area contributed by atoms with E-state index >= 15 is 0 Å². The summed E-state index contributed by atoms with van der Waals surface area (Å²) in [6, 6.07) is 3.52. The van der Waals surface area contributed by atoms with Gasteiger partial charge in [0.25, 0.3) is 5.56 Å². The number of rotatable bonds is 5. The third-order valence-electron chi connectivity index (χ3n) is 3.86. The minimum atomic E-state index is -0.121. The average Bonchev–Trinajstić information content (AvgIpc) is 2.55. The molecule has 8 heteroatoms. The van der Waals surface area contributed by atoms with Crippen LogP contribution in [0.15, 0.2) is 23.3 Å². The number of piperidine rings is 1. The SMILES string of the molecule is CCOc1cc(NC2CCCN(c3nc(C)cc(=O)[nH]3)C2)ncn1. The fourth-order valence-corrected chi connectivity index (χ4v) is 2.85. The van der Waals surface area contributed by atoms with E-state index in [-0.39, 0.29) is 11.6 Å². The summed E-state index contributed by atoms with van der Waals surface area (Å²) in [5.74, 6) is 1.93. The highest BCUT2D eigenvalue weighted by Crippen LogP contribution is 2.19. The highest BCUT2D eigenvalue weighted by Gasteiger charge is 2.22. The average molecular weight is 330 g/mol. The Labute approximate surface area is 140 Å². The van der Waals surface area contributed by atoms with Crippen molar-refractivity contribution in [2.75, 3.05) is 29.9 Å². The molecule has 2 aromatic heterocycles. The fraction of sp³-hybridized carbons (Fsp3) is 0.500. The third kappa shape index (κ3) is 4.01. The fourth-order valence-electron chi connectivity index (χ4n) is 2.85. The summed E-state index contributed by atoms with van der Waals surface area (Å²) < 4.78 is 5.40. The summed E-state index contributed by atoms with van der Waals surface area (Å²) >= 11 is 0. The van der Waals surface area contributed by atoms with Crippen molar-refractivity contribution in [1.82, 2.24) is 19.9 Å². The highest BCUT2D eigenvalue weighted by molar-refractivity contribution is 5.40. The quantitative estimate of drug-likeness (QED) is 0.854. The zero-order valence-corrected chi connectivity index (χ0v) is 14.0. The standard InChI is InChI=1S/C16H22N6O2/c1-3-24-15-8-13(17-10-18-15)20-12-5-4-6-22(9-12)16-19-11(2)7-14(23)21-16/h7-8,10,12H,3-6,9H2,1-2H3,(H,17,18,20)(H,19,21,23). The van der Waals surface area contributed by atoms with Crippen LogP contribution in [-0.2, 0) is 0 Å². The van der Waals surface area contributed by atoms with Crippen molar-refractivity contribution in [3.8, 4) is 5.88 Å². The second kappa shape index (κ2) is 7.29. The molecule has 3 heterocycles. The molecule has 1 aliphatic rings. The van der Waals surface area contributed by atoms with E-state index in [0.29, 0.717) is 18.4 Å². The minimum absolute atomic E-state index is 0.121. The Hall–Kier alpha value is -2.64. The Morgan fingerprint density at radius 3 is 3.08 bits per heavy atom. The van der Waals surface area contributed by atoms with Gasteiger partial charge in [0.1, 0.15) is 12.1 Å². The number of aromatic nitrogens is 4. The van der Waals surface area contributed by atoms with Crippen molar-refractivity contribution in [2.45, 2.75) is 32.7 Å². The first-order valence-corrected chi connectivity index (χ1v) is 8.18. The Morgan fingerprint density at radius 1 is 1.42 bits per heavy atom. The first kappa shape index (κ1) is 16.2. The summed E-state index contributed by atoms with van der Waals surface area (Å²) in [7, 11) is 0. The molecule has 0 aromatic carbocycles. The van der Waals surface area contributed by atoms with E-state index < -0.39 is 0 Å². The van der Waals surface area contributed by atoms with Crippen LogP contribution in [0.4, 0.5) is 11.8 Å². The lowest BCUT2D eigenvalue weighted by molar-refractivity contribution is 0.326. The summed E-state index contributed by atoms with van der Waals surface area (Å²) in [4.78, 5) is 29.3. The molecule has 3 rings (SSSR count). The molecule has 1 atom stereocenters. The molecule has 1 saturated heterocycles. The van der Waals surface area contributed by atoms with Gasteiger partial charge in [-0.1, -0.05) is 0 Å². The van der Waals surface area contributed by atoms with Crippen LogP contribution in [0.2, 0.25) is 0 Å². The number of hydrogen-bond acceptors (Lipinski definition) is 7. The summed E-state index contributed by atoms with van der Waals surface area (Å²) in [6.45, 7) is 5.94. The van der Waals surface area contributed by atoms with Crippen molar-refractivity contribution in [3.63, 3.8) is 0 Å². The lowest BCUT2D eigenvalue weighted by Crippen LogP contribution is -2.43. The first-order chi connectivity index (χ1) is 11.6. The number of nitrogens with zero attached hydrogens (tertiary/aromatic N) is 4. The van der Waals surface area contributed by atoms with Crippen LogP contribution in [-0.4, -0.2) is 45.7 Å². The maximum absolute atomic E-state index is 11.7. The van der Waals surface area contributed by atoms with Gasteiger partial charge >= 0.3 is 0 Å². The van der Waals surface area contributed by atoms with Crippen molar-refractivity contribution in [2.24, 2.45) is 0 Å². The molecule has 0 saturated carbocycles. The molecule has 1 unspecified atom stereocenters. The van der Waals surface area contributed by atoms with Crippen LogP contribution in [0.1, 0.15) is 25.5 Å². The van der Waals surface area contributed by atoms with Crippen LogP contribution < -0.4 is 20.5 Å². The summed E-state index contributed by atoms with van der Waals surface area (Å²) in [5, 5.41) is 3.42. The van der Waals surface area contributed by atoms with Gasteiger partial charge in [-0.15, -0.1) is 0 Å². The van der Waals surface area contributed by atoms with E-state index in [0.717, 1.165) is 37.4 Å². The van der Waals surface area contributed by atoms with E-state index in [1.54, 1.807) is 6.07 Å². The Morgan fingerprint density at radius 2 is 2.29 bits per heavy atom. The number of nitrogens with one attached hydrogen (secondary N) is 2. The van der Waals surface area contributed by atoms with Gasteiger partial charge in [0.05, 0.1) is 6.61 Å². The number of aryl methyl sites for hydroxylation is 1. The lowest BCUT2D eigenvalue weighted by atomic mass is 10.1. The van der Waals surface area contributed by atoms with Crippen molar-refractivity contribution >= 4 is 11.8 Å². The number of ether oxygens (including phenoxy) is 1. The zero-order chi connectivity index (χ0) is 16.9. The number of aromatic amines is 1. The summed E-state index contributed by atoms with van der Waals surface area (Å²) in [6.07, 6.45) is 3.53. The first-order valence-electron chi connectivity index (χ1n) is 8.18. The molecular weight excluding hydrogens is 308 g/mol. The summed E-state index contributed by atoms with van der Waals surface area (Å²) in [5.41, 5.74) is 0.603. The molecule has 0 bridgehead atoms. The molecule has 1 fully saturated rings. The Bertz CT molecular complexity index is 747. The number of H-pyrrole nitrogens is 1. The molecule has 1 aliphatic heterocycles.